The minimum Gasteiger partial charge on any atom is -0.355 e. The number of aryl methyl sites for hydroxylation is 1. The van der Waals surface area contributed by atoms with Crippen molar-refractivity contribution in [3.63, 3.8) is 0 Å². The van der Waals surface area contributed by atoms with Gasteiger partial charge in [0.1, 0.15) is 12.4 Å². The molecule has 8 heteroatoms. The molecule has 0 aromatic carbocycles. The molecule has 25 heavy (non-hydrogen) atoms. The molecule has 1 amide bonds. The Hall–Kier alpha value is -2.38. The number of nitrogens with zero attached hydrogens (tertiary/aromatic N) is 5. The monoisotopic (exact) mass is 345 g/mol. The van der Waals surface area contributed by atoms with E-state index in [1.807, 2.05) is 24.6 Å². The highest BCUT2D eigenvalue weighted by atomic mass is 16.1. The van der Waals surface area contributed by atoms with Crippen LogP contribution in [0.2, 0.25) is 0 Å². The molecule has 2 saturated heterocycles. The first-order chi connectivity index (χ1) is 12.0. The quantitative estimate of drug-likeness (QED) is 0.467. The Kier molecular flexibility index (Phi) is 5.06. The van der Waals surface area contributed by atoms with Gasteiger partial charge in [0, 0.05) is 45.1 Å². The summed E-state index contributed by atoms with van der Waals surface area (Å²) in [7, 11) is 1.95. The maximum atomic E-state index is 11.7. The molecule has 1 unspecified atom stereocenters. The molecule has 2 N–H and O–H groups in total. The average molecular weight is 345 g/mol. The molecule has 1 spiro atoms. The number of aliphatic imine (C=N–C) groups is 1. The first-order valence-corrected chi connectivity index (χ1v) is 8.79. The number of carbonyl (C=O) groups excluding carboxylic acids is 1. The normalized spacial score (nSPS) is 23.8. The molecule has 2 fully saturated rings. The van der Waals surface area contributed by atoms with Gasteiger partial charge in [0.15, 0.2) is 11.8 Å². The van der Waals surface area contributed by atoms with Crippen molar-refractivity contribution in [1.82, 2.24) is 30.3 Å². The van der Waals surface area contributed by atoms with E-state index in [2.05, 4.69) is 32.3 Å². The van der Waals surface area contributed by atoms with Crippen LogP contribution in [0.1, 0.15) is 30.9 Å². The average Bonchev–Trinajstić information content (AvgIpc) is 3.11. The van der Waals surface area contributed by atoms with E-state index in [0.29, 0.717) is 19.5 Å². The van der Waals surface area contributed by atoms with E-state index < -0.39 is 0 Å². The molecular weight excluding hydrogens is 318 g/mol. The van der Waals surface area contributed by atoms with Gasteiger partial charge in [-0.15, -0.1) is 16.8 Å². The molecule has 2 aliphatic rings. The zero-order valence-corrected chi connectivity index (χ0v) is 15.1. The van der Waals surface area contributed by atoms with Gasteiger partial charge in [-0.2, -0.15) is 0 Å². The van der Waals surface area contributed by atoms with Gasteiger partial charge in [-0.25, -0.2) is 4.99 Å². The summed E-state index contributed by atoms with van der Waals surface area (Å²) in [5.41, 5.74) is 0.0350. The van der Waals surface area contributed by atoms with Crippen LogP contribution in [0, 0.1) is 12.3 Å². The number of hydrogen-bond donors (Lipinski definition) is 2. The van der Waals surface area contributed by atoms with Crippen molar-refractivity contribution in [2.75, 3.05) is 26.2 Å². The van der Waals surface area contributed by atoms with E-state index >= 15 is 0 Å². The number of piperidine rings is 1. The van der Waals surface area contributed by atoms with E-state index in [4.69, 9.17) is 4.99 Å². The van der Waals surface area contributed by atoms with Crippen LogP contribution in [0.25, 0.3) is 0 Å². The van der Waals surface area contributed by atoms with E-state index in [1.165, 1.54) is 0 Å². The highest BCUT2D eigenvalue weighted by Gasteiger charge is 2.42. The van der Waals surface area contributed by atoms with Crippen LogP contribution in [0.15, 0.2) is 17.6 Å². The molecule has 1 atom stereocenters. The molecule has 0 bridgehead atoms. The Balaban J connectivity index is 1.75. The van der Waals surface area contributed by atoms with Gasteiger partial charge < -0.3 is 20.1 Å². The van der Waals surface area contributed by atoms with Gasteiger partial charge in [0.25, 0.3) is 0 Å². The summed E-state index contributed by atoms with van der Waals surface area (Å²) in [6.07, 6.45) is 4.58. The lowest BCUT2D eigenvalue weighted by atomic mass is 9.79. The van der Waals surface area contributed by atoms with Crippen LogP contribution in [0.4, 0.5) is 0 Å². The number of nitrogens with one attached hydrogen (secondary N) is 2. The van der Waals surface area contributed by atoms with Gasteiger partial charge in [-0.05, 0) is 19.8 Å². The second-order valence-electron chi connectivity index (χ2n) is 7.01. The second kappa shape index (κ2) is 7.25. The number of guanidine groups is 1. The van der Waals surface area contributed by atoms with Crippen LogP contribution >= 0.6 is 0 Å². The Morgan fingerprint density at radius 2 is 2.36 bits per heavy atom. The molecule has 0 radical (unpaired) electrons. The molecule has 1 aromatic heterocycles. The zero-order chi connectivity index (χ0) is 17.9. The molecule has 0 saturated carbocycles. The zero-order valence-electron chi connectivity index (χ0n) is 15.1. The van der Waals surface area contributed by atoms with Crippen LogP contribution < -0.4 is 10.6 Å². The Morgan fingerprint density at radius 3 is 3.00 bits per heavy atom. The lowest BCUT2D eigenvalue weighted by Gasteiger charge is -2.40. The van der Waals surface area contributed by atoms with Gasteiger partial charge in [-0.3, -0.25) is 4.79 Å². The topological polar surface area (TPSA) is 87.4 Å². The van der Waals surface area contributed by atoms with Crippen LogP contribution in [0.5, 0.6) is 0 Å². The summed E-state index contributed by atoms with van der Waals surface area (Å²) in [6.45, 7) is 9.37. The number of hydrogen-bond acceptors (Lipinski definition) is 4. The lowest BCUT2D eigenvalue weighted by molar-refractivity contribution is -0.119. The van der Waals surface area contributed by atoms with Crippen molar-refractivity contribution in [3.8, 4) is 0 Å². The van der Waals surface area contributed by atoms with Gasteiger partial charge in [0.2, 0.25) is 5.91 Å². The van der Waals surface area contributed by atoms with Crippen LogP contribution in [0.3, 0.4) is 0 Å². The fourth-order valence-electron chi connectivity index (χ4n) is 3.59. The molecule has 136 valence electrons. The number of aromatic nitrogens is 3. The van der Waals surface area contributed by atoms with Crippen molar-refractivity contribution in [3.05, 3.63) is 24.3 Å². The summed E-state index contributed by atoms with van der Waals surface area (Å²) in [5.74, 6) is 2.71. The minimum atomic E-state index is 0.0350. The highest BCUT2D eigenvalue weighted by molar-refractivity contribution is 5.82. The van der Waals surface area contributed by atoms with E-state index in [-0.39, 0.29) is 11.3 Å². The maximum Gasteiger partial charge on any atom is 0.220 e. The fourth-order valence-corrected chi connectivity index (χ4v) is 3.59. The first-order valence-electron chi connectivity index (χ1n) is 8.79. The molecule has 2 aliphatic heterocycles. The summed E-state index contributed by atoms with van der Waals surface area (Å²) < 4.78 is 1.95. The van der Waals surface area contributed by atoms with Crippen molar-refractivity contribution in [2.24, 2.45) is 17.5 Å². The number of likely N-dealkylation sites (tertiary alicyclic amines) is 1. The van der Waals surface area contributed by atoms with E-state index in [1.54, 1.807) is 0 Å². The molecule has 1 aromatic rings. The molecule has 3 rings (SSSR count). The summed E-state index contributed by atoms with van der Waals surface area (Å²) >= 11 is 0. The van der Waals surface area contributed by atoms with E-state index in [9.17, 15) is 4.79 Å². The van der Waals surface area contributed by atoms with Crippen molar-refractivity contribution < 1.29 is 4.79 Å². The SMILES string of the molecule is C=CCNC(=NCc1nnc(C)n1C)N1CCCC2(CNC(=O)C2)C1. The first kappa shape index (κ1) is 17.4. The van der Waals surface area contributed by atoms with Crippen LogP contribution in [-0.4, -0.2) is 57.7 Å². The van der Waals surface area contributed by atoms with Crippen LogP contribution in [-0.2, 0) is 18.4 Å². The van der Waals surface area contributed by atoms with Gasteiger partial charge >= 0.3 is 0 Å². The summed E-state index contributed by atoms with van der Waals surface area (Å²) in [5, 5.41) is 14.6. The van der Waals surface area contributed by atoms with Gasteiger partial charge in [0.05, 0.1) is 0 Å². The largest absolute Gasteiger partial charge is 0.355 e. The fraction of sp³-hybridized carbons (Fsp3) is 0.647. The van der Waals surface area contributed by atoms with E-state index in [0.717, 1.165) is 50.1 Å². The third kappa shape index (κ3) is 3.83. The Labute approximate surface area is 148 Å². The Bertz CT molecular complexity index is 681. The number of carbonyl (C=O) groups is 1. The second-order valence-corrected chi connectivity index (χ2v) is 7.01. The smallest absolute Gasteiger partial charge is 0.220 e. The van der Waals surface area contributed by atoms with Crippen molar-refractivity contribution in [2.45, 2.75) is 32.7 Å². The third-order valence-corrected chi connectivity index (χ3v) is 5.11. The molecule has 3 heterocycles. The predicted molar refractivity (Wildman–Crippen MR) is 95.9 cm³/mol. The highest BCUT2D eigenvalue weighted by Crippen LogP contribution is 2.36. The maximum absolute atomic E-state index is 11.7. The van der Waals surface area contributed by atoms with Crippen molar-refractivity contribution in [1.29, 1.82) is 0 Å². The lowest BCUT2D eigenvalue weighted by Crippen LogP contribution is -2.51. The summed E-state index contributed by atoms with van der Waals surface area (Å²) in [6, 6.07) is 0. The molecular formula is C17H27N7O. The van der Waals surface area contributed by atoms with Crippen molar-refractivity contribution >= 4 is 11.9 Å². The predicted octanol–water partition coefficient (Wildman–Crippen LogP) is 0.357. The van der Waals surface area contributed by atoms with Gasteiger partial charge in [-0.1, -0.05) is 6.08 Å². The number of rotatable bonds is 4. The molecule has 0 aliphatic carbocycles. The molecule has 8 nitrogen and oxygen atoms in total. The minimum absolute atomic E-state index is 0.0350. The standard InChI is InChI=1S/C17H27N7O/c1-4-7-18-16(19-10-14-22-21-13(2)23(14)3)24-8-5-6-17(12-24)9-15(25)20-11-17/h4H,1,5-12H2,2-3H3,(H,18,19)(H,20,25). The number of amides is 1. The summed E-state index contributed by atoms with van der Waals surface area (Å²) in [4.78, 5) is 18.7. The third-order valence-electron chi connectivity index (χ3n) is 5.11. The Morgan fingerprint density at radius 1 is 1.52 bits per heavy atom.